The second-order valence-corrected chi connectivity index (χ2v) is 3.72. The van der Waals surface area contributed by atoms with Crippen LogP contribution in [0.15, 0.2) is 18.2 Å². The standard InChI is InChI=1S/C12H15F2NO2/c1-2-9(5-6-16)15-12(17)10-7-8(13)3-4-11(10)14/h3-4,7,9,16H,2,5-6H2,1H3,(H,15,17). The van der Waals surface area contributed by atoms with Gasteiger partial charge in [0.15, 0.2) is 0 Å². The first-order chi connectivity index (χ1) is 8.08. The molecule has 0 aliphatic carbocycles. The van der Waals surface area contributed by atoms with Crippen LogP contribution < -0.4 is 5.32 Å². The van der Waals surface area contributed by atoms with Gasteiger partial charge in [-0.05, 0) is 31.0 Å². The molecule has 0 aromatic heterocycles. The molecule has 2 N–H and O–H groups in total. The van der Waals surface area contributed by atoms with Gasteiger partial charge >= 0.3 is 0 Å². The predicted octanol–water partition coefficient (Wildman–Crippen LogP) is 1.86. The minimum atomic E-state index is -0.761. The van der Waals surface area contributed by atoms with E-state index in [9.17, 15) is 13.6 Å². The molecule has 1 atom stereocenters. The number of nitrogens with one attached hydrogen (secondary N) is 1. The van der Waals surface area contributed by atoms with E-state index < -0.39 is 17.5 Å². The Bertz CT molecular complexity index is 396. The molecular weight excluding hydrogens is 228 g/mol. The van der Waals surface area contributed by atoms with Gasteiger partial charge < -0.3 is 10.4 Å². The Morgan fingerprint density at radius 1 is 1.47 bits per heavy atom. The van der Waals surface area contributed by atoms with Crippen molar-refractivity contribution >= 4 is 5.91 Å². The topological polar surface area (TPSA) is 49.3 Å². The highest BCUT2D eigenvalue weighted by atomic mass is 19.1. The van der Waals surface area contributed by atoms with E-state index in [1.54, 1.807) is 0 Å². The molecule has 1 amide bonds. The Hall–Kier alpha value is -1.49. The van der Waals surface area contributed by atoms with Gasteiger partial charge in [0.25, 0.3) is 5.91 Å². The van der Waals surface area contributed by atoms with Crippen LogP contribution >= 0.6 is 0 Å². The average molecular weight is 243 g/mol. The van der Waals surface area contributed by atoms with Crippen LogP contribution in [0.5, 0.6) is 0 Å². The van der Waals surface area contributed by atoms with Gasteiger partial charge in [-0.1, -0.05) is 6.92 Å². The number of aliphatic hydroxyl groups excluding tert-OH is 1. The van der Waals surface area contributed by atoms with Gasteiger partial charge in [0.2, 0.25) is 0 Å². The van der Waals surface area contributed by atoms with Gasteiger partial charge in [-0.3, -0.25) is 4.79 Å². The SMILES string of the molecule is CCC(CCO)NC(=O)c1cc(F)ccc1F. The Balaban J connectivity index is 2.78. The van der Waals surface area contributed by atoms with Gasteiger partial charge in [0.1, 0.15) is 11.6 Å². The highest BCUT2D eigenvalue weighted by molar-refractivity contribution is 5.94. The molecule has 1 unspecified atom stereocenters. The number of benzene rings is 1. The second-order valence-electron chi connectivity index (χ2n) is 3.72. The lowest BCUT2D eigenvalue weighted by molar-refractivity contribution is 0.0924. The first kappa shape index (κ1) is 13.6. The zero-order valence-corrected chi connectivity index (χ0v) is 9.54. The number of hydrogen-bond donors (Lipinski definition) is 2. The molecule has 94 valence electrons. The zero-order valence-electron chi connectivity index (χ0n) is 9.54. The zero-order chi connectivity index (χ0) is 12.8. The summed E-state index contributed by atoms with van der Waals surface area (Å²) in [5.74, 6) is -2.09. The first-order valence-electron chi connectivity index (χ1n) is 5.45. The molecule has 0 saturated heterocycles. The van der Waals surface area contributed by atoms with Crippen molar-refractivity contribution in [3.63, 3.8) is 0 Å². The van der Waals surface area contributed by atoms with E-state index in [0.717, 1.165) is 18.2 Å². The molecule has 5 heteroatoms. The molecular formula is C12H15F2NO2. The molecule has 0 bridgehead atoms. The molecule has 0 radical (unpaired) electrons. The van der Waals surface area contributed by atoms with Crippen LogP contribution in [0.2, 0.25) is 0 Å². The molecule has 17 heavy (non-hydrogen) atoms. The van der Waals surface area contributed by atoms with Crippen molar-refractivity contribution < 1.29 is 18.7 Å². The molecule has 1 aromatic rings. The molecule has 0 aliphatic rings. The smallest absolute Gasteiger partial charge is 0.254 e. The van der Waals surface area contributed by atoms with Crippen LogP contribution in [0.4, 0.5) is 8.78 Å². The number of halogens is 2. The molecule has 0 spiro atoms. The number of amides is 1. The van der Waals surface area contributed by atoms with E-state index in [4.69, 9.17) is 5.11 Å². The Morgan fingerprint density at radius 3 is 2.76 bits per heavy atom. The average Bonchev–Trinajstić information content (AvgIpc) is 2.31. The van der Waals surface area contributed by atoms with Crippen LogP contribution in [0.1, 0.15) is 30.1 Å². The quantitative estimate of drug-likeness (QED) is 0.829. The molecule has 1 rings (SSSR count). The van der Waals surface area contributed by atoms with Crippen LogP contribution in [0.25, 0.3) is 0 Å². The van der Waals surface area contributed by atoms with Crippen molar-refractivity contribution in [1.29, 1.82) is 0 Å². The summed E-state index contributed by atoms with van der Waals surface area (Å²) in [4.78, 5) is 11.7. The molecule has 0 heterocycles. The third-order valence-corrected chi connectivity index (χ3v) is 2.48. The fraction of sp³-hybridized carbons (Fsp3) is 0.417. The minimum Gasteiger partial charge on any atom is -0.396 e. The summed E-state index contributed by atoms with van der Waals surface area (Å²) in [5, 5.41) is 11.3. The van der Waals surface area contributed by atoms with Crippen molar-refractivity contribution in [3.05, 3.63) is 35.4 Å². The summed E-state index contributed by atoms with van der Waals surface area (Å²) in [6.45, 7) is 1.77. The van der Waals surface area contributed by atoms with Crippen molar-refractivity contribution in [2.24, 2.45) is 0 Å². The third kappa shape index (κ3) is 3.78. The van der Waals surface area contributed by atoms with E-state index in [-0.39, 0.29) is 18.2 Å². The Labute approximate surface area is 98.5 Å². The molecule has 3 nitrogen and oxygen atoms in total. The third-order valence-electron chi connectivity index (χ3n) is 2.48. The van der Waals surface area contributed by atoms with Gasteiger partial charge in [-0.25, -0.2) is 8.78 Å². The second kappa shape index (κ2) is 6.30. The normalized spacial score (nSPS) is 12.2. The monoisotopic (exact) mass is 243 g/mol. The lowest BCUT2D eigenvalue weighted by Gasteiger charge is -2.15. The highest BCUT2D eigenvalue weighted by Gasteiger charge is 2.16. The number of carbonyl (C=O) groups excluding carboxylic acids is 1. The fourth-order valence-corrected chi connectivity index (χ4v) is 1.47. The van der Waals surface area contributed by atoms with E-state index in [1.807, 2.05) is 6.92 Å². The molecule has 0 aliphatic heterocycles. The number of hydrogen-bond acceptors (Lipinski definition) is 2. The summed E-state index contributed by atoms with van der Waals surface area (Å²) in [7, 11) is 0. The van der Waals surface area contributed by atoms with Crippen LogP contribution in [-0.4, -0.2) is 23.7 Å². The summed E-state index contributed by atoms with van der Waals surface area (Å²) < 4.78 is 26.2. The van der Waals surface area contributed by atoms with Crippen molar-refractivity contribution in [2.45, 2.75) is 25.8 Å². The molecule has 0 fully saturated rings. The van der Waals surface area contributed by atoms with Crippen LogP contribution in [0, 0.1) is 11.6 Å². The highest BCUT2D eigenvalue weighted by Crippen LogP contribution is 2.10. The molecule has 0 saturated carbocycles. The summed E-state index contributed by atoms with van der Waals surface area (Å²) >= 11 is 0. The van der Waals surface area contributed by atoms with Crippen LogP contribution in [0.3, 0.4) is 0 Å². The Kier molecular flexibility index (Phi) is 5.03. The largest absolute Gasteiger partial charge is 0.396 e. The summed E-state index contributed by atoms with van der Waals surface area (Å²) in [6, 6.07) is 2.49. The van der Waals surface area contributed by atoms with Gasteiger partial charge in [-0.15, -0.1) is 0 Å². The van der Waals surface area contributed by atoms with E-state index in [1.165, 1.54) is 0 Å². The maximum atomic E-state index is 13.3. The van der Waals surface area contributed by atoms with Gasteiger partial charge in [0.05, 0.1) is 5.56 Å². The predicted molar refractivity (Wildman–Crippen MR) is 59.6 cm³/mol. The van der Waals surface area contributed by atoms with Crippen LogP contribution in [-0.2, 0) is 0 Å². The maximum Gasteiger partial charge on any atom is 0.254 e. The van der Waals surface area contributed by atoms with E-state index >= 15 is 0 Å². The number of rotatable bonds is 5. The lowest BCUT2D eigenvalue weighted by Crippen LogP contribution is -2.35. The van der Waals surface area contributed by atoms with E-state index in [2.05, 4.69) is 5.32 Å². The number of carbonyl (C=O) groups is 1. The number of aliphatic hydroxyl groups is 1. The Morgan fingerprint density at radius 2 is 2.18 bits per heavy atom. The lowest BCUT2D eigenvalue weighted by atomic mass is 10.1. The van der Waals surface area contributed by atoms with Gasteiger partial charge in [-0.2, -0.15) is 0 Å². The first-order valence-corrected chi connectivity index (χ1v) is 5.45. The maximum absolute atomic E-state index is 13.3. The summed E-state index contributed by atoms with van der Waals surface area (Å²) in [6.07, 6.45) is 1.00. The van der Waals surface area contributed by atoms with Crippen molar-refractivity contribution in [1.82, 2.24) is 5.32 Å². The fourth-order valence-electron chi connectivity index (χ4n) is 1.47. The summed E-state index contributed by atoms with van der Waals surface area (Å²) in [5.41, 5.74) is -0.318. The van der Waals surface area contributed by atoms with Crippen molar-refractivity contribution in [2.75, 3.05) is 6.61 Å². The van der Waals surface area contributed by atoms with E-state index in [0.29, 0.717) is 12.8 Å². The minimum absolute atomic E-state index is 0.0651. The molecule has 1 aromatic carbocycles. The van der Waals surface area contributed by atoms with Crippen molar-refractivity contribution in [3.8, 4) is 0 Å². The van der Waals surface area contributed by atoms with Gasteiger partial charge in [0, 0.05) is 12.6 Å².